The summed E-state index contributed by atoms with van der Waals surface area (Å²) in [5.74, 6) is 0.539. The highest BCUT2D eigenvalue weighted by Gasteiger charge is 2.21. The Labute approximate surface area is 220 Å². The Hall–Kier alpha value is -3.97. The molecule has 0 radical (unpaired) electrons. The van der Waals surface area contributed by atoms with Crippen LogP contribution in [0.4, 0.5) is 5.69 Å². The molecule has 0 saturated heterocycles. The van der Waals surface area contributed by atoms with Crippen molar-refractivity contribution in [3.05, 3.63) is 102 Å². The summed E-state index contributed by atoms with van der Waals surface area (Å²) in [7, 11) is 1.98. The van der Waals surface area contributed by atoms with Crippen molar-refractivity contribution in [1.29, 1.82) is 5.41 Å². The Bertz CT molecular complexity index is 1160. The second-order valence-electron chi connectivity index (χ2n) is 9.03. The van der Waals surface area contributed by atoms with Crippen molar-refractivity contribution in [3.63, 3.8) is 0 Å². The van der Waals surface area contributed by atoms with Crippen LogP contribution in [0.25, 0.3) is 0 Å². The molecule has 0 aliphatic rings. The molecule has 2 atom stereocenters. The summed E-state index contributed by atoms with van der Waals surface area (Å²) in [5.41, 5.74) is 9.16. The molecule has 2 aromatic carbocycles. The SMILES string of the molecule is C=COc1ccc(C(=N)c2cc(C(=O)NC(c3ccccn3)C(C)C)ccc2N)cc1.CCC(C)NC. The van der Waals surface area contributed by atoms with Gasteiger partial charge in [-0.05, 0) is 80.9 Å². The third-order valence-electron chi connectivity index (χ3n) is 6.01. The summed E-state index contributed by atoms with van der Waals surface area (Å²) < 4.78 is 5.22. The topological polar surface area (TPSA) is 113 Å². The van der Waals surface area contributed by atoms with Crippen molar-refractivity contribution >= 4 is 17.3 Å². The standard InChI is InChI=1S/C25H26N4O2.C5H13N/c1-4-31-19-11-8-17(9-12-19)23(27)20-15-18(10-13-21(20)26)25(30)29-24(16(2)3)22-7-5-6-14-28-22;1-4-5(2)6-3/h4-16,24,27H,1,26H2,2-3H3,(H,29,30);5-6H,4H2,1-3H3. The van der Waals surface area contributed by atoms with Crippen molar-refractivity contribution in [2.45, 2.75) is 46.2 Å². The maximum atomic E-state index is 13.0. The lowest BCUT2D eigenvalue weighted by Gasteiger charge is -2.22. The van der Waals surface area contributed by atoms with E-state index in [4.69, 9.17) is 15.9 Å². The van der Waals surface area contributed by atoms with E-state index >= 15 is 0 Å². The van der Waals surface area contributed by atoms with Gasteiger partial charge in [0.2, 0.25) is 0 Å². The summed E-state index contributed by atoms with van der Waals surface area (Å²) >= 11 is 0. The lowest BCUT2D eigenvalue weighted by molar-refractivity contribution is 0.0924. The Morgan fingerprint density at radius 1 is 1.11 bits per heavy atom. The van der Waals surface area contributed by atoms with Gasteiger partial charge in [0, 0.05) is 34.6 Å². The fourth-order valence-electron chi connectivity index (χ4n) is 3.44. The number of aromatic nitrogens is 1. The molecule has 3 rings (SSSR count). The number of carbonyl (C=O) groups is 1. The van der Waals surface area contributed by atoms with Crippen LogP contribution in [0, 0.1) is 11.3 Å². The molecule has 1 amide bonds. The number of nitrogens with one attached hydrogen (secondary N) is 3. The smallest absolute Gasteiger partial charge is 0.251 e. The highest BCUT2D eigenvalue weighted by Crippen LogP contribution is 2.23. The van der Waals surface area contributed by atoms with E-state index in [0.717, 1.165) is 5.69 Å². The number of anilines is 1. The summed E-state index contributed by atoms with van der Waals surface area (Å²) in [6.45, 7) is 11.9. The summed E-state index contributed by atoms with van der Waals surface area (Å²) in [6.07, 6.45) is 4.27. The third-order valence-corrected chi connectivity index (χ3v) is 6.01. The Morgan fingerprint density at radius 3 is 2.30 bits per heavy atom. The number of nitrogens with two attached hydrogens (primary N) is 1. The number of ether oxygens (including phenoxy) is 1. The van der Waals surface area contributed by atoms with Gasteiger partial charge in [0.1, 0.15) is 5.75 Å². The molecule has 2 unspecified atom stereocenters. The predicted octanol–water partition coefficient (Wildman–Crippen LogP) is 5.73. The number of benzene rings is 2. The molecule has 0 spiro atoms. The first kappa shape index (κ1) is 29.3. The van der Waals surface area contributed by atoms with Crippen LogP contribution < -0.4 is 21.1 Å². The van der Waals surface area contributed by atoms with Gasteiger partial charge in [0.15, 0.2) is 0 Å². The fourth-order valence-corrected chi connectivity index (χ4v) is 3.44. The Morgan fingerprint density at radius 2 is 1.78 bits per heavy atom. The van der Waals surface area contributed by atoms with Crippen molar-refractivity contribution in [2.75, 3.05) is 12.8 Å². The quantitative estimate of drug-likeness (QED) is 0.161. The first-order chi connectivity index (χ1) is 17.7. The lowest BCUT2D eigenvalue weighted by Crippen LogP contribution is -2.32. The second kappa shape index (κ2) is 14.6. The van der Waals surface area contributed by atoms with E-state index in [9.17, 15) is 4.79 Å². The Kier molecular flexibility index (Phi) is 11.5. The van der Waals surface area contributed by atoms with Crippen LogP contribution in [-0.4, -0.2) is 29.7 Å². The van der Waals surface area contributed by atoms with Crippen molar-refractivity contribution in [2.24, 2.45) is 5.92 Å². The second-order valence-corrected chi connectivity index (χ2v) is 9.03. The molecular formula is C30H39N5O2. The minimum absolute atomic E-state index is 0.154. The van der Waals surface area contributed by atoms with Crippen LogP contribution in [-0.2, 0) is 0 Å². The first-order valence-electron chi connectivity index (χ1n) is 12.5. The molecule has 0 bridgehead atoms. The molecule has 1 aromatic heterocycles. The van der Waals surface area contributed by atoms with Crippen molar-refractivity contribution in [3.8, 4) is 5.75 Å². The number of rotatable bonds is 10. The van der Waals surface area contributed by atoms with E-state index in [-0.39, 0.29) is 23.6 Å². The molecule has 5 N–H and O–H groups in total. The van der Waals surface area contributed by atoms with E-state index in [2.05, 4.69) is 36.0 Å². The number of nitrogens with zero attached hydrogens (tertiary/aromatic N) is 1. The number of nitrogen functional groups attached to an aromatic ring is 1. The fraction of sp³-hybridized carbons (Fsp3) is 0.300. The molecule has 1 heterocycles. The van der Waals surface area contributed by atoms with Crippen LogP contribution in [0.2, 0.25) is 0 Å². The number of amides is 1. The first-order valence-corrected chi connectivity index (χ1v) is 12.5. The van der Waals surface area contributed by atoms with Gasteiger partial charge >= 0.3 is 0 Å². The Balaban J connectivity index is 0.000000717. The normalized spacial score (nSPS) is 12.1. The van der Waals surface area contributed by atoms with Gasteiger partial charge in [-0.15, -0.1) is 0 Å². The lowest BCUT2D eigenvalue weighted by atomic mass is 9.97. The van der Waals surface area contributed by atoms with Crippen molar-refractivity contribution < 1.29 is 9.53 Å². The maximum absolute atomic E-state index is 13.0. The average molecular weight is 502 g/mol. The highest BCUT2D eigenvalue weighted by molar-refractivity contribution is 6.14. The van der Waals surface area contributed by atoms with Gasteiger partial charge in [-0.3, -0.25) is 15.2 Å². The average Bonchev–Trinajstić information content (AvgIpc) is 2.92. The third kappa shape index (κ3) is 8.58. The predicted molar refractivity (Wildman–Crippen MR) is 152 cm³/mol. The van der Waals surface area contributed by atoms with E-state index < -0.39 is 0 Å². The van der Waals surface area contributed by atoms with Crippen LogP contribution in [0.1, 0.15) is 67.3 Å². The van der Waals surface area contributed by atoms with E-state index in [1.165, 1.54) is 12.7 Å². The molecule has 196 valence electrons. The molecule has 37 heavy (non-hydrogen) atoms. The molecule has 3 aromatic rings. The van der Waals surface area contributed by atoms with Gasteiger partial charge in [-0.2, -0.15) is 0 Å². The zero-order valence-electron chi connectivity index (χ0n) is 22.4. The molecule has 0 aliphatic carbocycles. The summed E-state index contributed by atoms with van der Waals surface area (Å²) in [4.78, 5) is 17.4. The van der Waals surface area contributed by atoms with Gasteiger partial charge in [0.25, 0.3) is 5.91 Å². The van der Waals surface area contributed by atoms with Gasteiger partial charge in [-0.25, -0.2) is 0 Å². The minimum atomic E-state index is -0.242. The van der Waals surface area contributed by atoms with Crippen LogP contribution >= 0.6 is 0 Å². The molecular weight excluding hydrogens is 462 g/mol. The number of pyridine rings is 1. The molecule has 0 fully saturated rings. The van der Waals surface area contributed by atoms with Gasteiger partial charge in [0.05, 0.1) is 23.7 Å². The van der Waals surface area contributed by atoms with E-state index in [0.29, 0.717) is 34.2 Å². The number of hydrogen-bond donors (Lipinski definition) is 4. The van der Waals surface area contributed by atoms with Gasteiger partial charge < -0.3 is 21.1 Å². The van der Waals surface area contributed by atoms with E-state index in [1.54, 1.807) is 48.7 Å². The summed E-state index contributed by atoms with van der Waals surface area (Å²) in [6, 6.07) is 18.1. The molecule has 7 nitrogen and oxygen atoms in total. The summed E-state index contributed by atoms with van der Waals surface area (Å²) in [5, 5.41) is 14.8. The zero-order chi connectivity index (χ0) is 27.4. The largest absolute Gasteiger partial charge is 0.466 e. The minimum Gasteiger partial charge on any atom is -0.466 e. The van der Waals surface area contributed by atoms with Crippen LogP contribution in [0.3, 0.4) is 0 Å². The van der Waals surface area contributed by atoms with Crippen LogP contribution in [0.15, 0.2) is 79.7 Å². The molecule has 0 aliphatic heterocycles. The monoisotopic (exact) mass is 501 g/mol. The number of carbonyl (C=O) groups excluding carboxylic acids is 1. The van der Waals surface area contributed by atoms with Crippen molar-refractivity contribution in [1.82, 2.24) is 15.6 Å². The zero-order valence-corrected chi connectivity index (χ0v) is 22.4. The molecule has 7 heteroatoms. The maximum Gasteiger partial charge on any atom is 0.251 e. The molecule has 0 saturated carbocycles. The van der Waals surface area contributed by atoms with E-state index in [1.807, 2.05) is 39.1 Å². The van der Waals surface area contributed by atoms with Gasteiger partial charge in [-0.1, -0.05) is 33.4 Å². The highest BCUT2D eigenvalue weighted by atomic mass is 16.5. The van der Waals surface area contributed by atoms with Crippen LogP contribution in [0.5, 0.6) is 5.75 Å². The number of hydrogen-bond acceptors (Lipinski definition) is 6.